The molecule has 3 nitrogen and oxygen atoms in total. The van der Waals surface area contributed by atoms with Gasteiger partial charge in [-0.3, -0.25) is 0 Å². The molecule has 1 aliphatic carbocycles. The van der Waals surface area contributed by atoms with E-state index in [0.717, 1.165) is 25.1 Å². The van der Waals surface area contributed by atoms with Gasteiger partial charge in [0.1, 0.15) is 5.75 Å². The monoisotopic (exact) mass is 367 g/mol. The minimum Gasteiger partial charge on any atom is -0.497 e. The number of hydrogen-bond acceptors (Lipinski definition) is 3. The highest BCUT2D eigenvalue weighted by atomic mass is 16.5. The van der Waals surface area contributed by atoms with Crippen molar-refractivity contribution in [1.29, 1.82) is 0 Å². The van der Waals surface area contributed by atoms with Gasteiger partial charge in [0.05, 0.1) is 19.3 Å². The van der Waals surface area contributed by atoms with Gasteiger partial charge in [-0.25, -0.2) is 0 Å². The predicted octanol–water partition coefficient (Wildman–Crippen LogP) is 5.26. The molecule has 0 aromatic heterocycles. The minimum absolute atomic E-state index is 0.104. The Morgan fingerprint density at radius 3 is 2.19 bits per heavy atom. The number of hydrogen-bond donors (Lipinski definition) is 0. The van der Waals surface area contributed by atoms with E-state index in [9.17, 15) is 0 Å². The van der Waals surface area contributed by atoms with Crippen LogP contribution in [0.25, 0.3) is 0 Å². The van der Waals surface area contributed by atoms with Crippen molar-refractivity contribution in [2.24, 2.45) is 0 Å². The maximum atomic E-state index is 6.77. The molecule has 1 saturated carbocycles. The van der Waals surface area contributed by atoms with Crippen LogP contribution in [0, 0.1) is 0 Å². The zero-order chi connectivity index (χ0) is 19.1. The van der Waals surface area contributed by atoms with E-state index in [-0.39, 0.29) is 5.60 Å². The summed E-state index contributed by atoms with van der Waals surface area (Å²) in [6.07, 6.45) is 6.06. The molecular formula is C24H33NO2. The van der Waals surface area contributed by atoms with Crippen molar-refractivity contribution in [1.82, 2.24) is 4.90 Å². The Balaban J connectivity index is 1.89. The fraction of sp³-hybridized carbons (Fsp3) is 0.500. The third kappa shape index (κ3) is 5.12. The standard InChI is InChI=1S/C24H33NO2/c1-25(2)18-23(21-12-14-22(26-3)15-13-21)24(16-8-5-9-17-24)27-19-20-10-6-4-7-11-20/h4,6-7,10-15,23H,5,8-9,16-19H2,1-3H3. The average Bonchev–Trinajstić information content (AvgIpc) is 2.72. The van der Waals surface area contributed by atoms with E-state index in [0.29, 0.717) is 12.5 Å². The molecule has 1 unspecified atom stereocenters. The highest BCUT2D eigenvalue weighted by Gasteiger charge is 2.42. The van der Waals surface area contributed by atoms with Gasteiger partial charge in [-0.05, 0) is 50.2 Å². The third-order valence-electron chi connectivity index (χ3n) is 5.77. The Morgan fingerprint density at radius 2 is 1.59 bits per heavy atom. The van der Waals surface area contributed by atoms with Crippen molar-refractivity contribution in [3.8, 4) is 5.75 Å². The van der Waals surface area contributed by atoms with Crippen LogP contribution in [0.3, 0.4) is 0 Å². The molecule has 2 aromatic carbocycles. The topological polar surface area (TPSA) is 21.7 Å². The molecule has 2 aromatic rings. The number of benzene rings is 2. The SMILES string of the molecule is COc1ccc(C(CN(C)C)C2(OCc3ccccc3)CCCCC2)cc1. The summed E-state index contributed by atoms with van der Waals surface area (Å²) in [5.41, 5.74) is 2.49. The smallest absolute Gasteiger partial charge is 0.118 e. The highest BCUT2D eigenvalue weighted by molar-refractivity contribution is 5.32. The largest absolute Gasteiger partial charge is 0.497 e. The predicted molar refractivity (Wildman–Crippen MR) is 111 cm³/mol. The molecule has 27 heavy (non-hydrogen) atoms. The summed E-state index contributed by atoms with van der Waals surface area (Å²) in [5, 5.41) is 0. The van der Waals surface area contributed by atoms with E-state index in [1.165, 1.54) is 30.4 Å². The third-order valence-corrected chi connectivity index (χ3v) is 5.77. The van der Waals surface area contributed by atoms with Crippen molar-refractivity contribution in [3.63, 3.8) is 0 Å². The van der Waals surface area contributed by atoms with E-state index in [4.69, 9.17) is 9.47 Å². The zero-order valence-electron chi connectivity index (χ0n) is 17.0. The first kappa shape index (κ1) is 19.9. The van der Waals surface area contributed by atoms with Gasteiger partial charge in [-0.15, -0.1) is 0 Å². The van der Waals surface area contributed by atoms with Gasteiger partial charge in [0.15, 0.2) is 0 Å². The van der Waals surface area contributed by atoms with E-state index in [1.807, 2.05) is 0 Å². The average molecular weight is 368 g/mol. The van der Waals surface area contributed by atoms with Crippen LogP contribution < -0.4 is 4.74 Å². The first-order chi connectivity index (χ1) is 13.1. The molecule has 0 amide bonds. The number of rotatable bonds is 8. The summed E-state index contributed by atoms with van der Waals surface area (Å²) in [4.78, 5) is 2.29. The molecule has 0 bridgehead atoms. The Hall–Kier alpha value is -1.84. The van der Waals surface area contributed by atoms with Crippen LogP contribution in [0.2, 0.25) is 0 Å². The fourth-order valence-corrected chi connectivity index (χ4v) is 4.32. The van der Waals surface area contributed by atoms with E-state index in [2.05, 4.69) is 73.6 Å². The maximum absolute atomic E-state index is 6.77. The second-order valence-corrected chi connectivity index (χ2v) is 7.99. The normalized spacial score (nSPS) is 17.6. The summed E-state index contributed by atoms with van der Waals surface area (Å²) in [7, 11) is 6.03. The number of nitrogens with zero attached hydrogens (tertiary/aromatic N) is 1. The van der Waals surface area contributed by atoms with Crippen molar-refractivity contribution in [2.45, 2.75) is 50.2 Å². The second-order valence-electron chi connectivity index (χ2n) is 7.99. The Bertz CT molecular complexity index is 675. The summed E-state index contributed by atoms with van der Waals surface area (Å²) >= 11 is 0. The summed E-state index contributed by atoms with van der Waals surface area (Å²) in [6.45, 7) is 1.67. The maximum Gasteiger partial charge on any atom is 0.118 e. The Labute approximate surface area is 164 Å². The van der Waals surface area contributed by atoms with Crippen LogP contribution in [0.15, 0.2) is 54.6 Å². The number of ether oxygens (including phenoxy) is 2. The first-order valence-corrected chi connectivity index (χ1v) is 10.1. The quantitative estimate of drug-likeness (QED) is 0.635. The molecule has 0 heterocycles. The van der Waals surface area contributed by atoms with Crippen molar-refractivity contribution in [3.05, 3.63) is 65.7 Å². The van der Waals surface area contributed by atoms with Crippen molar-refractivity contribution in [2.75, 3.05) is 27.7 Å². The lowest BCUT2D eigenvalue weighted by Gasteiger charge is -2.45. The molecule has 3 rings (SSSR count). The fourth-order valence-electron chi connectivity index (χ4n) is 4.32. The van der Waals surface area contributed by atoms with Gasteiger partial charge in [0, 0.05) is 12.5 Å². The molecule has 1 fully saturated rings. The summed E-state index contributed by atoms with van der Waals surface area (Å²) < 4.78 is 12.1. The zero-order valence-corrected chi connectivity index (χ0v) is 17.0. The Kier molecular flexibility index (Phi) is 6.92. The lowest BCUT2D eigenvalue weighted by molar-refractivity contribution is -0.102. The lowest BCUT2D eigenvalue weighted by Crippen LogP contribution is -2.45. The van der Waals surface area contributed by atoms with Gasteiger partial charge >= 0.3 is 0 Å². The molecule has 0 N–H and O–H groups in total. The van der Waals surface area contributed by atoms with Crippen molar-refractivity contribution >= 4 is 0 Å². The van der Waals surface area contributed by atoms with Gasteiger partial charge in [-0.1, -0.05) is 61.7 Å². The lowest BCUT2D eigenvalue weighted by atomic mass is 9.72. The van der Waals surface area contributed by atoms with Crippen LogP contribution in [0.5, 0.6) is 5.75 Å². The molecule has 0 spiro atoms. The van der Waals surface area contributed by atoms with Gasteiger partial charge in [0.2, 0.25) is 0 Å². The van der Waals surface area contributed by atoms with E-state index >= 15 is 0 Å². The minimum atomic E-state index is -0.104. The molecule has 1 aliphatic rings. The van der Waals surface area contributed by atoms with Gasteiger partial charge in [-0.2, -0.15) is 0 Å². The van der Waals surface area contributed by atoms with Crippen molar-refractivity contribution < 1.29 is 9.47 Å². The summed E-state index contributed by atoms with van der Waals surface area (Å²) in [6, 6.07) is 19.1. The molecular weight excluding hydrogens is 334 g/mol. The van der Waals surface area contributed by atoms with Gasteiger partial charge in [0.25, 0.3) is 0 Å². The molecule has 146 valence electrons. The number of likely N-dealkylation sites (N-methyl/N-ethyl adjacent to an activating group) is 1. The molecule has 3 heteroatoms. The van der Waals surface area contributed by atoms with E-state index in [1.54, 1.807) is 7.11 Å². The van der Waals surface area contributed by atoms with Crippen LogP contribution in [-0.2, 0) is 11.3 Å². The van der Waals surface area contributed by atoms with Gasteiger partial charge < -0.3 is 14.4 Å². The highest BCUT2D eigenvalue weighted by Crippen LogP contribution is 2.44. The molecule has 0 saturated heterocycles. The molecule has 0 radical (unpaired) electrons. The second kappa shape index (κ2) is 9.38. The molecule has 1 atom stereocenters. The van der Waals surface area contributed by atoms with Crippen LogP contribution in [-0.4, -0.2) is 38.3 Å². The Morgan fingerprint density at radius 1 is 0.926 bits per heavy atom. The molecule has 0 aliphatic heterocycles. The van der Waals surface area contributed by atoms with E-state index < -0.39 is 0 Å². The number of methoxy groups -OCH3 is 1. The van der Waals surface area contributed by atoms with Crippen LogP contribution in [0.4, 0.5) is 0 Å². The van der Waals surface area contributed by atoms with Crippen LogP contribution >= 0.6 is 0 Å². The first-order valence-electron chi connectivity index (χ1n) is 10.1. The van der Waals surface area contributed by atoms with Crippen LogP contribution in [0.1, 0.15) is 49.1 Å². The summed E-state index contributed by atoms with van der Waals surface area (Å²) in [5.74, 6) is 1.26.